The molecule has 0 heterocycles. The van der Waals surface area contributed by atoms with E-state index in [-0.39, 0.29) is 18.3 Å². The molecule has 0 aromatic heterocycles. The van der Waals surface area contributed by atoms with Gasteiger partial charge in [-0.25, -0.2) is 9.18 Å². The number of hydrogen-bond donors (Lipinski definition) is 2. The van der Waals surface area contributed by atoms with Crippen LogP contribution in [0.5, 0.6) is 0 Å². The Hall–Kier alpha value is -1.62. The van der Waals surface area contributed by atoms with Crippen LogP contribution in [-0.4, -0.2) is 23.4 Å². The van der Waals surface area contributed by atoms with Gasteiger partial charge >= 0.3 is 6.09 Å². The van der Waals surface area contributed by atoms with Crippen molar-refractivity contribution < 1.29 is 19.0 Å². The Balaban J connectivity index is 2.82. The van der Waals surface area contributed by atoms with Crippen molar-refractivity contribution in [2.24, 2.45) is 5.73 Å². The predicted octanol–water partition coefficient (Wildman–Crippen LogP) is 2.17. The molecule has 0 saturated carbocycles. The highest BCUT2D eigenvalue weighted by molar-refractivity contribution is 5.65. The lowest BCUT2D eigenvalue weighted by molar-refractivity contribution is 0.0285. The molecule has 1 aromatic rings. The summed E-state index contributed by atoms with van der Waals surface area (Å²) in [5.41, 5.74) is 4.83. The minimum atomic E-state index is -0.865. The van der Waals surface area contributed by atoms with Crippen LogP contribution in [0, 0.1) is 5.82 Å². The third kappa shape index (κ3) is 4.33. The Kier molecular flexibility index (Phi) is 4.67. The second-order valence-corrected chi connectivity index (χ2v) is 4.82. The second-order valence-electron chi connectivity index (χ2n) is 4.82. The number of carbonyl (C=O) groups is 1. The van der Waals surface area contributed by atoms with Crippen LogP contribution in [0.3, 0.4) is 0 Å². The molecule has 0 aliphatic rings. The number of benzene rings is 1. The van der Waals surface area contributed by atoms with Gasteiger partial charge in [-0.2, -0.15) is 0 Å². The average Bonchev–Trinajstić information content (AvgIpc) is 2.24. The van der Waals surface area contributed by atoms with E-state index in [0.717, 1.165) is 0 Å². The zero-order valence-corrected chi connectivity index (χ0v) is 10.5. The van der Waals surface area contributed by atoms with Gasteiger partial charge in [-0.15, -0.1) is 0 Å². The number of aliphatic hydroxyl groups excluding tert-OH is 1. The molecule has 0 spiro atoms. The molecule has 0 fully saturated rings. The van der Waals surface area contributed by atoms with E-state index < -0.39 is 11.7 Å². The van der Waals surface area contributed by atoms with Crippen molar-refractivity contribution in [3.05, 3.63) is 35.6 Å². The SMILES string of the molecule is CC(C)(C[C@@H](CO)c1cccc(F)c1)OC(N)=O. The van der Waals surface area contributed by atoms with Crippen molar-refractivity contribution in [1.82, 2.24) is 0 Å². The largest absolute Gasteiger partial charge is 0.444 e. The molecule has 1 amide bonds. The van der Waals surface area contributed by atoms with Crippen LogP contribution < -0.4 is 5.73 Å². The van der Waals surface area contributed by atoms with Crippen LogP contribution in [-0.2, 0) is 4.74 Å². The third-order valence-corrected chi connectivity index (χ3v) is 2.66. The summed E-state index contributed by atoms with van der Waals surface area (Å²) in [5, 5.41) is 9.37. The quantitative estimate of drug-likeness (QED) is 0.846. The molecule has 4 nitrogen and oxygen atoms in total. The molecule has 0 saturated heterocycles. The van der Waals surface area contributed by atoms with Gasteiger partial charge in [0, 0.05) is 5.92 Å². The van der Waals surface area contributed by atoms with Crippen LogP contribution in [0.15, 0.2) is 24.3 Å². The van der Waals surface area contributed by atoms with E-state index in [1.807, 2.05) is 0 Å². The highest BCUT2D eigenvalue weighted by Crippen LogP contribution is 2.28. The average molecular weight is 255 g/mol. The van der Waals surface area contributed by atoms with Crippen LogP contribution >= 0.6 is 0 Å². The van der Waals surface area contributed by atoms with Crippen molar-refractivity contribution in [2.75, 3.05) is 6.61 Å². The lowest BCUT2D eigenvalue weighted by atomic mass is 9.88. The van der Waals surface area contributed by atoms with Crippen LogP contribution in [0.4, 0.5) is 9.18 Å². The van der Waals surface area contributed by atoms with Gasteiger partial charge in [-0.3, -0.25) is 0 Å². The number of nitrogens with two attached hydrogens (primary N) is 1. The Morgan fingerprint density at radius 3 is 2.72 bits per heavy atom. The first-order valence-corrected chi connectivity index (χ1v) is 5.69. The number of carbonyl (C=O) groups excluding carboxylic acids is 1. The van der Waals surface area contributed by atoms with Crippen molar-refractivity contribution >= 4 is 6.09 Å². The molecule has 0 aliphatic carbocycles. The second kappa shape index (κ2) is 5.82. The van der Waals surface area contributed by atoms with E-state index in [2.05, 4.69) is 0 Å². The Bertz CT molecular complexity index is 420. The Labute approximate surface area is 106 Å². The smallest absolute Gasteiger partial charge is 0.405 e. The van der Waals surface area contributed by atoms with Gasteiger partial charge in [0.15, 0.2) is 0 Å². The summed E-state index contributed by atoms with van der Waals surface area (Å²) in [7, 11) is 0. The Morgan fingerprint density at radius 1 is 1.56 bits per heavy atom. The summed E-state index contributed by atoms with van der Waals surface area (Å²) in [6, 6.07) is 6.00. The van der Waals surface area contributed by atoms with E-state index in [1.165, 1.54) is 12.1 Å². The summed E-state index contributed by atoms with van der Waals surface area (Å²) in [5.74, 6) is -0.672. The molecular weight excluding hydrogens is 237 g/mol. The number of ether oxygens (including phenoxy) is 1. The first kappa shape index (κ1) is 14.4. The van der Waals surface area contributed by atoms with Crippen molar-refractivity contribution in [1.29, 1.82) is 0 Å². The molecule has 1 aromatic carbocycles. The molecule has 0 bridgehead atoms. The maximum absolute atomic E-state index is 13.1. The van der Waals surface area contributed by atoms with Crippen molar-refractivity contribution in [3.63, 3.8) is 0 Å². The standard InChI is InChI=1S/C13H18FNO3/c1-13(2,18-12(15)17)7-10(8-16)9-4-3-5-11(14)6-9/h3-6,10,16H,7-8H2,1-2H3,(H2,15,17)/t10-/m0/s1. The molecule has 0 unspecified atom stereocenters. The minimum absolute atomic E-state index is 0.158. The fraction of sp³-hybridized carbons (Fsp3) is 0.462. The topological polar surface area (TPSA) is 72.6 Å². The van der Waals surface area contributed by atoms with Gasteiger partial charge in [-0.05, 0) is 38.0 Å². The van der Waals surface area contributed by atoms with Gasteiger partial charge in [0.2, 0.25) is 0 Å². The summed E-state index contributed by atoms with van der Waals surface area (Å²) in [4.78, 5) is 10.8. The van der Waals surface area contributed by atoms with E-state index in [9.17, 15) is 14.3 Å². The zero-order chi connectivity index (χ0) is 13.8. The lowest BCUT2D eigenvalue weighted by Gasteiger charge is -2.28. The normalized spacial score (nSPS) is 13.1. The Morgan fingerprint density at radius 2 is 2.22 bits per heavy atom. The first-order valence-electron chi connectivity index (χ1n) is 5.69. The van der Waals surface area contributed by atoms with E-state index in [1.54, 1.807) is 26.0 Å². The van der Waals surface area contributed by atoms with Gasteiger partial charge < -0.3 is 15.6 Å². The highest BCUT2D eigenvalue weighted by atomic mass is 19.1. The van der Waals surface area contributed by atoms with Crippen LogP contribution in [0.1, 0.15) is 31.7 Å². The van der Waals surface area contributed by atoms with E-state index in [0.29, 0.717) is 12.0 Å². The number of aliphatic hydroxyl groups is 1. The molecule has 3 N–H and O–H groups in total. The molecule has 1 atom stereocenters. The van der Waals surface area contributed by atoms with Gasteiger partial charge in [0.1, 0.15) is 11.4 Å². The number of primary amides is 1. The summed E-state index contributed by atoms with van der Waals surface area (Å²) in [6.07, 6.45) is -0.508. The summed E-state index contributed by atoms with van der Waals surface area (Å²) < 4.78 is 18.1. The van der Waals surface area contributed by atoms with E-state index in [4.69, 9.17) is 10.5 Å². The predicted molar refractivity (Wildman–Crippen MR) is 65.6 cm³/mol. The molecule has 0 aliphatic heterocycles. The molecule has 5 heteroatoms. The van der Waals surface area contributed by atoms with E-state index >= 15 is 0 Å². The molecule has 1 rings (SSSR count). The minimum Gasteiger partial charge on any atom is -0.444 e. The summed E-state index contributed by atoms with van der Waals surface area (Å²) >= 11 is 0. The lowest BCUT2D eigenvalue weighted by Crippen LogP contribution is -2.33. The monoisotopic (exact) mass is 255 g/mol. The highest BCUT2D eigenvalue weighted by Gasteiger charge is 2.27. The fourth-order valence-corrected chi connectivity index (χ4v) is 1.96. The van der Waals surface area contributed by atoms with Crippen LogP contribution in [0.25, 0.3) is 0 Å². The van der Waals surface area contributed by atoms with Gasteiger partial charge in [0.05, 0.1) is 6.61 Å². The van der Waals surface area contributed by atoms with Crippen LogP contribution in [0.2, 0.25) is 0 Å². The van der Waals surface area contributed by atoms with Crippen molar-refractivity contribution in [2.45, 2.75) is 31.8 Å². The van der Waals surface area contributed by atoms with Crippen molar-refractivity contribution in [3.8, 4) is 0 Å². The number of rotatable bonds is 5. The van der Waals surface area contributed by atoms with Gasteiger partial charge in [0.25, 0.3) is 0 Å². The number of halogens is 1. The maximum atomic E-state index is 13.1. The molecule has 18 heavy (non-hydrogen) atoms. The molecular formula is C13H18FNO3. The fourth-order valence-electron chi connectivity index (χ4n) is 1.96. The maximum Gasteiger partial charge on any atom is 0.405 e. The number of hydrogen-bond acceptors (Lipinski definition) is 3. The van der Waals surface area contributed by atoms with Gasteiger partial charge in [-0.1, -0.05) is 12.1 Å². The first-order chi connectivity index (χ1) is 8.34. The third-order valence-electron chi connectivity index (χ3n) is 2.66. The molecule has 100 valence electrons. The summed E-state index contributed by atoms with van der Waals surface area (Å²) in [6.45, 7) is 3.23. The zero-order valence-electron chi connectivity index (χ0n) is 10.5. The number of amides is 1. The molecule has 0 radical (unpaired) electrons.